The number of hydrogen-bond donors (Lipinski definition) is 1. The number of alkyl halides is 2. The zero-order chi connectivity index (χ0) is 7.56. The van der Waals surface area contributed by atoms with E-state index in [0.29, 0.717) is 0 Å². The molecule has 4 heteroatoms. The molecule has 1 aromatic heterocycles. The summed E-state index contributed by atoms with van der Waals surface area (Å²) < 4.78 is 0. The van der Waals surface area contributed by atoms with Gasteiger partial charge in [0.15, 0.2) is 0 Å². The molecule has 0 aliphatic rings. The lowest BCUT2D eigenvalue weighted by Gasteiger charge is -2.07. The van der Waals surface area contributed by atoms with Crippen LogP contribution in [-0.4, -0.2) is 9.94 Å². The Balaban J connectivity index is 2.68. The van der Waals surface area contributed by atoms with Crippen molar-refractivity contribution in [1.82, 2.24) is 0 Å². The van der Waals surface area contributed by atoms with Gasteiger partial charge in [0.05, 0.1) is 0 Å². The zero-order valence-corrected chi connectivity index (χ0v) is 7.33. The molecular formula is C6H6Cl2OS. The van der Waals surface area contributed by atoms with E-state index < -0.39 is 10.9 Å². The van der Waals surface area contributed by atoms with Crippen LogP contribution >= 0.6 is 34.5 Å². The van der Waals surface area contributed by atoms with Gasteiger partial charge in [-0.1, -0.05) is 6.07 Å². The van der Waals surface area contributed by atoms with Crippen molar-refractivity contribution in [2.45, 2.75) is 10.9 Å². The Morgan fingerprint density at radius 3 is 2.60 bits per heavy atom. The molecule has 0 radical (unpaired) electrons. The van der Waals surface area contributed by atoms with Crippen molar-refractivity contribution in [2.24, 2.45) is 0 Å². The smallest absolute Gasteiger partial charge is 0.138 e. The van der Waals surface area contributed by atoms with Crippen molar-refractivity contribution in [3.8, 4) is 0 Å². The molecule has 0 aliphatic heterocycles. The van der Waals surface area contributed by atoms with Crippen LogP contribution in [0.3, 0.4) is 0 Å². The highest BCUT2D eigenvalue weighted by Gasteiger charge is 2.15. The normalized spacial score (nSPS) is 14.0. The number of rotatable bonds is 2. The SMILES string of the molecule is OC(c1cccs1)C(Cl)Cl. The van der Waals surface area contributed by atoms with Gasteiger partial charge < -0.3 is 5.11 Å². The fraction of sp³-hybridized carbons (Fsp3) is 0.333. The third-order valence-corrected chi connectivity index (χ3v) is 2.49. The van der Waals surface area contributed by atoms with Gasteiger partial charge in [-0.05, 0) is 11.4 Å². The average Bonchev–Trinajstić information content (AvgIpc) is 2.36. The third kappa shape index (κ3) is 1.86. The lowest BCUT2D eigenvalue weighted by Crippen LogP contribution is -2.02. The van der Waals surface area contributed by atoms with Gasteiger partial charge in [0.1, 0.15) is 10.9 Å². The molecule has 1 aromatic rings. The predicted octanol–water partition coefficient (Wildman–Crippen LogP) is 2.59. The molecule has 1 unspecified atom stereocenters. The Morgan fingerprint density at radius 2 is 2.20 bits per heavy atom. The van der Waals surface area contributed by atoms with Gasteiger partial charge in [0.2, 0.25) is 0 Å². The van der Waals surface area contributed by atoms with E-state index in [2.05, 4.69) is 0 Å². The van der Waals surface area contributed by atoms with Crippen LogP contribution in [0.5, 0.6) is 0 Å². The van der Waals surface area contributed by atoms with Crippen molar-refractivity contribution in [2.75, 3.05) is 0 Å². The van der Waals surface area contributed by atoms with E-state index in [0.717, 1.165) is 4.88 Å². The van der Waals surface area contributed by atoms with Crippen molar-refractivity contribution < 1.29 is 5.11 Å². The average molecular weight is 197 g/mol. The highest BCUT2D eigenvalue weighted by atomic mass is 35.5. The third-order valence-electron chi connectivity index (χ3n) is 1.07. The van der Waals surface area contributed by atoms with E-state index in [-0.39, 0.29) is 0 Å². The van der Waals surface area contributed by atoms with Crippen molar-refractivity contribution in [1.29, 1.82) is 0 Å². The van der Waals surface area contributed by atoms with Crippen LogP contribution < -0.4 is 0 Å². The quantitative estimate of drug-likeness (QED) is 0.722. The van der Waals surface area contributed by atoms with Crippen LogP contribution in [0.15, 0.2) is 17.5 Å². The first kappa shape index (κ1) is 8.34. The lowest BCUT2D eigenvalue weighted by molar-refractivity contribution is 0.196. The second-order valence-electron chi connectivity index (χ2n) is 1.79. The van der Waals surface area contributed by atoms with E-state index in [4.69, 9.17) is 23.2 Å². The Bertz CT molecular complexity index is 186. The first-order valence-electron chi connectivity index (χ1n) is 2.71. The lowest BCUT2D eigenvalue weighted by atomic mass is 10.3. The molecule has 0 aliphatic carbocycles. The minimum atomic E-state index is -0.747. The van der Waals surface area contributed by atoms with E-state index in [1.807, 2.05) is 11.4 Å². The van der Waals surface area contributed by atoms with Gasteiger partial charge in [-0.15, -0.1) is 34.5 Å². The Morgan fingerprint density at radius 1 is 1.50 bits per heavy atom. The molecule has 1 nitrogen and oxygen atoms in total. The highest BCUT2D eigenvalue weighted by molar-refractivity contribution is 7.10. The summed E-state index contributed by atoms with van der Waals surface area (Å²) in [5, 5.41) is 11.1. The first-order chi connectivity index (χ1) is 4.72. The molecule has 1 heterocycles. The van der Waals surface area contributed by atoms with Crippen molar-refractivity contribution >= 4 is 34.5 Å². The number of hydrogen-bond acceptors (Lipinski definition) is 2. The molecule has 0 aromatic carbocycles. The van der Waals surface area contributed by atoms with Gasteiger partial charge in [0, 0.05) is 4.88 Å². The summed E-state index contributed by atoms with van der Waals surface area (Å²) in [4.78, 5) is 0.0636. The number of thiophene rings is 1. The Labute approximate surface area is 73.2 Å². The molecule has 56 valence electrons. The van der Waals surface area contributed by atoms with Crippen molar-refractivity contribution in [3.05, 3.63) is 22.4 Å². The van der Waals surface area contributed by atoms with Crippen LogP contribution in [-0.2, 0) is 0 Å². The van der Waals surface area contributed by atoms with Crippen LogP contribution in [0.1, 0.15) is 11.0 Å². The topological polar surface area (TPSA) is 20.2 Å². The molecule has 10 heavy (non-hydrogen) atoms. The predicted molar refractivity (Wildman–Crippen MR) is 44.8 cm³/mol. The second kappa shape index (κ2) is 3.58. The molecule has 0 saturated heterocycles. The molecule has 0 saturated carbocycles. The molecule has 0 spiro atoms. The molecule has 0 bridgehead atoms. The summed E-state index contributed by atoms with van der Waals surface area (Å²) in [7, 11) is 0. The molecule has 0 amide bonds. The van der Waals surface area contributed by atoms with E-state index in [1.54, 1.807) is 6.07 Å². The van der Waals surface area contributed by atoms with Crippen LogP contribution in [0.25, 0.3) is 0 Å². The zero-order valence-electron chi connectivity index (χ0n) is 5.00. The number of aliphatic hydroxyl groups excluding tert-OH is 1. The van der Waals surface area contributed by atoms with Gasteiger partial charge in [-0.3, -0.25) is 0 Å². The Hall–Kier alpha value is 0.240. The van der Waals surface area contributed by atoms with E-state index >= 15 is 0 Å². The standard InChI is InChI=1S/C6H6Cl2OS/c7-6(8)5(9)4-2-1-3-10-4/h1-3,5-6,9H. The summed E-state index contributed by atoms with van der Waals surface area (Å²) in [5.41, 5.74) is 0. The maximum absolute atomic E-state index is 9.23. The second-order valence-corrected chi connectivity index (χ2v) is 3.94. The maximum atomic E-state index is 9.23. The Kier molecular flexibility index (Phi) is 2.98. The summed E-state index contributed by atoms with van der Waals surface area (Å²) in [6.07, 6.45) is -0.747. The monoisotopic (exact) mass is 196 g/mol. The molecule has 1 rings (SSSR count). The summed E-state index contributed by atoms with van der Waals surface area (Å²) in [6, 6.07) is 3.65. The van der Waals surface area contributed by atoms with Gasteiger partial charge >= 0.3 is 0 Å². The van der Waals surface area contributed by atoms with Gasteiger partial charge in [0.25, 0.3) is 0 Å². The summed E-state index contributed by atoms with van der Waals surface area (Å²) >= 11 is 12.3. The first-order valence-corrected chi connectivity index (χ1v) is 4.46. The van der Waals surface area contributed by atoms with E-state index in [9.17, 15) is 5.11 Å². The van der Waals surface area contributed by atoms with Crippen LogP contribution in [0.4, 0.5) is 0 Å². The fourth-order valence-electron chi connectivity index (χ4n) is 0.584. The largest absolute Gasteiger partial charge is 0.385 e. The van der Waals surface area contributed by atoms with Crippen LogP contribution in [0, 0.1) is 0 Å². The minimum Gasteiger partial charge on any atom is -0.385 e. The molecule has 1 atom stereocenters. The maximum Gasteiger partial charge on any atom is 0.138 e. The molecule has 0 fully saturated rings. The molecular weight excluding hydrogens is 191 g/mol. The number of halogens is 2. The van der Waals surface area contributed by atoms with E-state index in [1.165, 1.54) is 11.3 Å². The highest BCUT2D eigenvalue weighted by Crippen LogP contribution is 2.26. The van der Waals surface area contributed by atoms with Crippen LogP contribution in [0.2, 0.25) is 0 Å². The minimum absolute atomic E-state index is 0.737. The summed E-state index contributed by atoms with van der Waals surface area (Å²) in [5.74, 6) is 0. The van der Waals surface area contributed by atoms with Crippen molar-refractivity contribution in [3.63, 3.8) is 0 Å². The van der Waals surface area contributed by atoms with Gasteiger partial charge in [-0.25, -0.2) is 0 Å². The summed E-state index contributed by atoms with van der Waals surface area (Å²) in [6.45, 7) is 0. The number of aliphatic hydroxyl groups is 1. The fourth-order valence-corrected chi connectivity index (χ4v) is 1.75. The van der Waals surface area contributed by atoms with Gasteiger partial charge in [-0.2, -0.15) is 0 Å². The molecule has 1 N–H and O–H groups in total.